The number of nitro groups is 1. The number of hydrogen-bond donors (Lipinski definition) is 0. The van der Waals surface area contributed by atoms with E-state index in [1.165, 1.54) is 12.3 Å². The molecule has 9 nitrogen and oxygen atoms in total. The Morgan fingerprint density at radius 1 is 1.10 bits per heavy atom. The second-order valence-corrected chi connectivity index (χ2v) is 10.8. The number of para-hydroxylation sites is 1. The lowest BCUT2D eigenvalue weighted by molar-refractivity contribution is -0.386. The van der Waals surface area contributed by atoms with Crippen molar-refractivity contribution in [1.29, 1.82) is 0 Å². The van der Waals surface area contributed by atoms with Crippen LogP contribution in [0, 0.1) is 17.0 Å². The quantitative estimate of drug-likeness (QED) is 0.0993. The molecule has 11 heteroatoms. The molecule has 208 valence electrons. The first kappa shape index (κ1) is 27.4. The van der Waals surface area contributed by atoms with Crippen LogP contribution in [-0.4, -0.2) is 20.8 Å². The van der Waals surface area contributed by atoms with Gasteiger partial charge < -0.3 is 9.15 Å². The van der Waals surface area contributed by atoms with Gasteiger partial charge in [0.25, 0.3) is 5.56 Å². The summed E-state index contributed by atoms with van der Waals surface area (Å²) in [5.41, 5.74) is 2.64. The summed E-state index contributed by atoms with van der Waals surface area (Å²) in [6.45, 7) is 2.11. The average molecular weight is 644 g/mol. The van der Waals surface area contributed by atoms with Crippen molar-refractivity contribution in [3.63, 3.8) is 0 Å². The van der Waals surface area contributed by atoms with Crippen molar-refractivity contribution >= 4 is 61.3 Å². The maximum absolute atomic E-state index is 13.6. The van der Waals surface area contributed by atoms with Gasteiger partial charge in [0, 0.05) is 22.0 Å². The number of benzene rings is 4. The lowest BCUT2D eigenvalue weighted by Gasteiger charge is -2.10. The standard InChI is InChI=1S/C31H20BrClN4O5/c1-18-5-4-6-19(11-18)17-41-29-24(32)12-20(13-26(29)37(39)40)16-34-36-30(35-25-8-3-2-7-23(25)31(36)38)28-15-21-14-22(33)9-10-27(21)42-28/h2-16H,17H2,1H3. The van der Waals surface area contributed by atoms with Gasteiger partial charge in [-0.1, -0.05) is 53.6 Å². The third-order valence-corrected chi connectivity index (χ3v) is 7.31. The summed E-state index contributed by atoms with van der Waals surface area (Å²) in [6, 6.07) is 24.5. The first-order chi connectivity index (χ1) is 20.3. The number of aromatic nitrogens is 2. The van der Waals surface area contributed by atoms with Gasteiger partial charge >= 0.3 is 5.69 Å². The van der Waals surface area contributed by atoms with Gasteiger partial charge in [-0.25, -0.2) is 4.98 Å². The fraction of sp³-hybridized carbons (Fsp3) is 0.0645. The molecule has 2 aromatic heterocycles. The molecule has 0 radical (unpaired) electrons. The highest BCUT2D eigenvalue weighted by Gasteiger charge is 2.21. The van der Waals surface area contributed by atoms with Gasteiger partial charge in [-0.15, -0.1) is 0 Å². The summed E-state index contributed by atoms with van der Waals surface area (Å²) >= 11 is 9.55. The molecule has 4 aromatic carbocycles. The number of rotatable bonds is 7. The van der Waals surface area contributed by atoms with E-state index in [9.17, 15) is 14.9 Å². The smallest absolute Gasteiger partial charge is 0.312 e. The van der Waals surface area contributed by atoms with Crippen molar-refractivity contribution in [3.05, 3.63) is 132 Å². The van der Waals surface area contributed by atoms with Gasteiger partial charge in [-0.05, 0) is 70.9 Å². The number of ether oxygens (including phenoxy) is 1. The Hall–Kier alpha value is -4.80. The van der Waals surface area contributed by atoms with Crippen molar-refractivity contribution in [2.24, 2.45) is 5.10 Å². The van der Waals surface area contributed by atoms with Crippen molar-refractivity contribution in [2.75, 3.05) is 0 Å². The molecule has 0 bridgehead atoms. The number of nitrogens with zero attached hydrogens (tertiary/aromatic N) is 4. The van der Waals surface area contributed by atoms with E-state index in [2.05, 4.69) is 26.0 Å². The Bertz CT molecular complexity index is 2100. The number of aryl methyl sites for hydroxylation is 1. The van der Waals surface area contributed by atoms with Gasteiger partial charge in [0.05, 0.1) is 26.5 Å². The molecule has 0 aliphatic carbocycles. The molecule has 0 spiro atoms. The van der Waals surface area contributed by atoms with Crippen molar-refractivity contribution in [2.45, 2.75) is 13.5 Å². The second kappa shape index (κ2) is 11.2. The van der Waals surface area contributed by atoms with E-state index >= 15 is 0 Å². The highest BCUT2D eigenvalue weighted by atomic mass is 79.9. The third-order valence-electron chi connectivity index (χ3n) is 6.48. The highest BCUT2D eigenvalue weighted by Crippen LogP contribution is 2.37. The molecule has 0 N–H and O–H groups in total. The minimum atomic E-state index is -0.525. The Morgan fingerprint density at radius 2 is 1.93 bits per heavy atom. The molecular weight excluding hydrogens is 624 g/mol. The van der Waals surface area contributed by atoms with Crippen LogP contribution < -0.4 is 10.3 Å². The Balaban J connectivity index is 1.42. The van der Waals surface area contributed by atoms with Crippen LogP contribution in [0.5, 0.6) is 5.75 Å². The molecule has 6 rings (SSSR count). The van der Waals surface area contributed by atoms with Gasteiger partial charge in [-0.3, -0.25) is 14.9 Å². The average Bonchev–Trinajstić information content (AvgIpc) is 3.39. The molecule has 2 heterocycles. The summed E-state index contributed by atoms with van der Waals surface area (Å²) in [6.07, 6.45) is 1.35. The maximum Gasteiger partial charge on any atom is 0.312 e. The molecule has 0 atom stereocenters. The summed E-state index contributed by atoms with van der Waals surface area (Å²) in [5.74, 6) is 0.554. The van der Waals surface area contributed by atoms with Crippen molar-refractivity contribution in [1.82, 2.24) is 9.66 Å². The van der Waals surface area contributed by atoms with Crippen LogP contribution in [0.25, 0.3) is 33.5 Å². The molecule has 6 aromatic rings. The maximum atomic E-state index is 13.6. The Labute approximate surface area is 251 Å². The van der Waals surface area contributed by atoms with Crippen LogP contribution in [0.2, 0.25) is 5.02 Å². The van der Waals surface area contributed by atoms with E-state index in [0.717, 1.165) is 21.2 Å². The summed E-state index contributed by atoms with van der Waals surface area (Å²) in [4.78, 5) is 29.7. The fourth-order valence-corrected chi connectivity index (χ4v) is 5.31. The molecule has 0 amide bonds. The van der Waals surface area contributed by atoms with E-state index in [4.69, 9.17) is 20.8 Å². The monoisotopic (exact) mass is 642 g/mol. The van der Waals surface area contributed by atoms with Crippen molar-refractivity contribution < 1.29 is 14.1 Å². The third kappa shape index (κ3) is 5.41. The summed E-state index contributed by atoms with van der Waals surface area (Å²) in [7, 11) is 0. The lowest BCUT2D eigenvalue weighted by Crippen LogP contribution is -2.20. The first-order valence-corrected chi connectivity index (χ1v) is 13.9. The van der Waals surface area contributed by atoms with Crippen molar-refractivity contribution in [3.8, 4) is 17.3 Å². The predicted octanol–water partition coefficient (Wildman–Crippen LogP) is 7.90. The van der Waals surface area contributed by atoms with E-state index in [-0.39, 0.29) is 23.9 Å². The van der Waals surface area contributed by atoms with Gasteiger partial charge in [0.15, 0.2) is 5.76 Å². The topological polar surface area (TPSA) is 113 Å². The summed E-state index contributed by atoms with van der Waals surface area (Å²) < 4.78 is 13.3. The number of furan rings is 1. The van der Waals surface area contributed by atoms with Crippen LogP contribution in [0.4, 0.5) is 5.69 Å². The molecular formula is C31H20BrClN4O5. The van der Waals surface area contributed by atoms with Crippen LogP contribution in [0.3, 0.4) is 0 Å². The number of nitro benzene ring substituents is 1. The van der Waals surface area contributed by atoms with Crippen LogP contribution in [0.1, 0.15) is 16.7 Å². The zero-order valence-electron chi connectivity index (χ0n) is 22.0. The number of hydrogen-bond acceptors (Lipinski definition) is 7. The minimum Gasteiger partial charge on any atom is -0.481 e. The fourth-order valence-electron chi connectivity index (χ4n) is 4.55. The molecule has 0 aliphatic rings. The lowest BCUT2D eigenvalue weighted by atomic mass is 10.1. The SMILES string of the molecule is Cc1cccc(COc2c(Br)cc(C=Nn3c(-c4cc5cc(Cl)ccc5o4)nc4ccccc4c3=O)cc2[N+](=O)[O-])c1. The normalized spacial score (nSPS) is 11.5. The molecule has 0 aliphatic heterocycles. The molecule has 42 heavy (non-hydrogen) atoms. The molecule has 0 fully saturated rings. The number of fused-ring (bicyclic) bond motifs is 2. The van der Waals surface area contributed by atoms with E-state index < -0.39 is 10.5 Å². The van der Waals surface area contributed by atoms with Crippen LogP contribution in [0.15, 0.2) is 104 Å². The van der Waals surface area contributed by atoms with Crippen LogP contribution >= 0.6 is 27.5 Å². The zero-order chi connectivity index (χ0) is 29.4. The molecule has 0 saturated carbocycles. The minimum absolute atomic E-state index is 0.0878. The number of halogens is 2. The van der Waals surface area contributed by atoms with E-state index in [0.29, 0.717) is 37.3 Å². The second-order valence-electron chi connectivity index (χ2n) is 9.49. The largest absolute Gasteiger partial charge is 0.481 e. The van der Waals surface area contributed by atoms with Gasteiger partial charge in [0.1, 0.15) is 12.2 Å². The van der Waals surface area contributed by atoms with E-state index in [1.54, 1.807) is 54.6 Å². The van der Waals surface area contributed by atoms with E-state index in [1.807, 2.05) is 31.2 Å². The predicted molar refractivity (Wildman–Crippen MR) is 166 cm³/mol. The first-order valence-electron chi connectivity index (χ1n) is 12.7. The Kier molecular flexibility index (Phi) is 7.32. The van der Waals surface area contributed by atoms with Gasteiger partial charge in [-0.2, -0.15) is 9.78 Å². The highest BCUT2D eigenvalue weighted by molar-refractivity contribution is 9.10. The molecule has 0 unspecified atom stereocenters. The zero-order valence-corrected chi connectivity index (χ0v) is 24.3. The van der Waals surface area contributed by atoms with Crippen LogP contribution in [-0.2, 0) is 6.61 Å². The summed E-state index contributed by atoms with van der Waals surface area (Å²) in [5, 5.41) is 18.0. The molecule has 0 saturated heterocycles. The Morgan fingerprint density at radius 3 is 2.74 bits per heavy atom. The van der Waals surface area contributed by atoms with Gasteiger partial charge in [0.2, 0.25) is 11.6 Å².